The average molecular weight is 473 g/mol. The molecule has 3 aromatic rings. The van der Waals surface area contributed by atoms with Gasteiger partial charge in [0.2, 0.25) is 21.8 Å². The summed E-state index contributed by atoms with van der Waals surface area (Å²) >= 11 is 0. The highest BCUT2D eigenvalue weighted by atomic mass is 32.2. The third-order valence-electron chi connectivity index (χ3n) is 5.68. The van der Waals surface area contributed by atoms with Crippen molar-refractivity contribution in [3.05, 3.63) is 59.5 Å². The van der Waals surface area contributed by atoms with Crippen LogP contribution in [0.1, 0.15) is 18.2 Å². The van der Waals surface area contributed by atoms with E-state index in [2.05, 4.69) is 10.5 Å². The number of sulfonamides is 1. The lowest BCUT2D eigenvalue weighted by Crippen LogP contribution is -2.49. The van der Waals surface area contributed by atoms with E-state index in [-0.39, 0.29) is 35.6 Å². The molecule has 0 saturated carbocycles. The molecule has 2 aromatic carbocycles. The minimum atomic E-state index is -3.80. The number of piperazine rings is 1. The fourth-order valence-electron chi connectivity index (χ4n) is 4.01. The lowest BCUT2D eigenvalue weighted by Gasteiger charge is -2.35. The van der Waals surface area contributed by atoms with Crippen molar-refractivity contribution in [3.8, 4) is 11.1 Å². The summed E-state index contributed by atoms with van der Waals surface area (Å²) in [5.41, 5.74) is 2.72. The Morgan fingerprint density at radius 3 is 2.45 bits per heavy atom. The highest BCUT2D eigenvalue weighted by Gasteiger charge is 2.31. The molecule has 4 rings (SSSR count). The van der Waals surface area contributed by atoms with Crippen molar-refractivity contribution in [1.82, 2.24) is 9.46 Å². The molecule has 1 N–H and O–H groups in total. The summed E-state index contributed by atoms with van der Waals surface area (Å²) in [6.45, 7) is 6.06. The summed E-state index contributed by atoms with van der Waals surface area (Å²) < 4.78 is 47.8. The minimum absolute atomic E-state index is 0.172. The van der Waals surface area contributed by atoms with Gasteiger partial charge in [-0.2, -0.15) is 4.31 Å². The standard InChI is InChI=1S/C23H25FN4O4S/c1-15-8-9-18(22-16(2)26-32-23(22)25-17(3)29)14-21(15)33(30,31)28-12-10-27(11-13-28)20-7-5-4-6-19(20)24/h4-9,14H,10-13H2,1-3H3,(H,25,29). The Balaban J connectivity index is 1.61. The Labute approximate surface area is 192 Å². The summed E-state index contributed by atoms with van der Waals surface area (Å²) in [5.74, 6) is -0.470. The topological polar surface area (TPSA) is 95.8 Å². The van der Waals surface area contributed by atoms with Crippen LogP contribution in [0, 0.1) is 19.7 Å². The molecule has 0 aliphatic carbocycles. The highest BCUT2D eigenvalue weighted by Crippen LogP contribution is 2.34. The van der Waals surface area contributed by atoms with Gasteiger partial charge in [0.15, 0.2) is 0 Å². The smallest absolute Gasteiger partial charge is 0.243 e. The number of carbonyl (C=O) groups is 1. The van der Waals surface area contributed by atoms with Crippen LogP contribution < -0.4 is 10.2 Å². The maximum Gasteiger partial charge on any atom is 0.243 e. The number of rotatable bonds is 5. The van der Waals surface area contributed by atoms with Crippen LogP contribution in [0.4, 0.5) is 16.0 Å². The third kappa shape index (κ3) is 4.49. The Morgan fingerprint density at radius 2 is 1.79 bits per heavy atom. The van der Waals surface area contributed by atoms with E-state index in [1.165, 1.54) is 17.3 Å². The number of anilines is 2. The second-order valence-electron chi connectivity index (χ2n) is 7.98. The summed E-state index contributed by atoms with van der Waals surface area (Å²) in [5, 5.41) is 6.50. The lowest BCUT2D eigenvalue weighted by atomic mass is 10.0. The minimum Gasteiger partial charge on any atom is -0.367 e. The zero-order valence-electron chi connectivity index (χ0n) is 18.6. The van der Waals surface area contributed by atoms with Crippen LogP contribution in [0.2, 0.25) is 0 Å². The first-order chi connectivity index (χ1) is 15.7. The van der Waals surface area contributed by atoms with Crippen molar-refractivity contribution >= 4 is 27.5 Å². The quantitative estimate of drug-likeness (QED) is 0.610. The van der Waals surface area contributed by atoms with Crippen LogP contribution >= 0.6 is 0 Å². The number of halogens is 1. The highest BCUT2D eigenvalue weighted by molar-refractivity contribution is 7.89. The van der Waals surface area contributed by atoms with Crippen LogP contribution in [0.5, 0.6) is 0 Å². The third-order valence-corrected chi connectivity index (χ3v) is 7.72. The van der Waals surface area contributed by atoms with Gasteiger partial charge in [-0.15, -0.1) is 0 Å². The molecule has 1 aromatic heterocycles. The fourth-order valence-corrected chi connectivity index (χ4v) is 5.68. The number of amides is 1. The molecular formula is C23H25FN4O4S. The Morgan fingerprint density at radius 1 is 1.09 bits per heavy atom. The number of aromatic nitrogens is 1. The molecule has 174 valence electrons. The number of nitrogens with one attached hydrogen (secondary N) is 1. The molecule has 0 radical (unpaired) electrons. The van der Waals surface area contributed by atoms with Crippen molar-refractivity contribution < 1.29 is 22.1 Å². The molecule has 33 heavy (non-hydrogen) atoms. The van der Waals surface area contributed by atoms with Gasteiger partial charge in [0.1, 0.15) is 5.82 Å². The molecule has 10 heteroatoms. The second-order valence-corrected chi connectivity index (χ2v) is 9.88. The number of carbonyl (C=O) groups excluding carboxylic acids is 1. The average Bonchev–Trinajstić information content (AvgIpc) is 3.13. The molecule has 0 unspecified atom stereocenters. The van der Waals surface area contributed by atoms with Crippen LogP contribution in [-0.2, 0) is 14.8 Å². The van der Waals surface area contributed by atoms with Gasteiger partial charge >= 0.3 is 0 Å². The van der Waals surface area contributed by atoms with Gasteiger partial charge in [0.25, 0.3) is 0 Å². The van der Waals surface area contributed by atoms with Crippen molar-refractivity contribution in [2.45, 2.75) is 25.7 Å². The summed E-state index contributed by atoms with van der Waals surface area (Å²) in [4.78, 5) is 13.5. The van der Waals surface area contributed by atoms with E-state index in [1.807, 2.05) is 4.90 Å². The first-order valence-electron chi connectivity index (χ1n) is 10.5. The van der Waals surface area contributed by atoms with Gasteiger partial charge in [-0.1, -0.05) is 29.4 Å². The van der Waals surface area contributed by atoms with Gasteiger partial charge in [0, 0.05) is 33.1 Å². The maximum absolute atomic E-state index is 14.1. The summed E-state index contributed by atoms with van der Waals surface area (Å²) in [6.07, 6.45) is 0. The zero-order valence-corrected chi connectivity index (χ0v) is 19.4. The van der Waals surface area contributed by atoms with Gasteiger partial charge in [0.05, 0.1) is 21.8 Å². The number of aryl methyl sites for hydroxylation is 2. The van der Waals surface area contributed by atoms with Gasteiger partial charge in [-0.25, -0.2) is 12.8 Å². The number of hydrogen-bond donors (Lipinski definition) is 1. The predicted molar refractivity (Wildman–Crippen MR) is 123 cm³/mol. The van der Waals surface area contributed by atoms with Crippen LogP contribution in [0.15, 0.2) is 51.9 Å². The predicted octanol–water partition coefficient (Wildman–Crippen LogP) is 3.57. The van der Waals surface area contributed by atoms with Gasteiger partial charge < -0.3 is 9.42 Å². The van der Waals surface area contributed by atoms with Crippen LogP contribution in [0.25, 0.3) is 11.1 Å². The molecular weight excluding hydrogens is 447 g/mol. The molecule has 1 aliphatic rings. The summed E-state index contributed by atoms with van der Waals surface area (Å²) in [6, 6.07) is 11.6. The van der Waals surface area contributed by atoms with Gasteiger partial charge in [-0.3, -0.25) is 10.1 Å². The van der Waals surface area contributed by atoms with E-state index in [1.54, 1.807) is 50.2 Å². The van der Waals surface area contributed by atoms with E-state index in [4.69, 9.17) is 4.52 Å². The lowest BCUT2D eigenvalue weighted by molar-refractivity contribution is -0.114. The summed E-state index contributed by atoms with van der Waals surface area (Å²) in [7, 11) is -3.80. The van der Waals surface area contributed by atoms with E-state index < -0.39 is 10.0 Å². The molecule has 8 nitrogen and oxygen atoms in total. The monoisotopic (exact) mass is 472 g/mol. The van der Waals surface area contributed by atoms with Crippen molar-refractivity contribution in [2.75, 3.05) is 36.4 Å². The normalized spacial score (nSPS) is 15.0. The van der Waals surface area contributed by atoms with Crippen LogP contribution in [0.3, 0.4) is 0 Å². The maximum atomic E-state index is 14.1. The van der Waals surface area contributed by atoms with E-state index >= 15 is 0 Å². The van der Waals surface area contributed by atoms with Crippen LogP contribution in [-0.4, -0.2) is 50.0 Å². The fraction of sp³-hybridized carbons (Fsp3) is 0.304. The Hall–Kier alpha value is -3.24. The molecule has 1 aliphatic heterocycles. The Bertz CT molecular complexity index is 1300. The van der Waals surface area contributed by atoms with Gasteiger partial charge in [-0.05, 0) is 43.2 Å². The van der Waals surface area contributed by atoms with Crippen molar-refractivity contribution in [2.24, 2.45) is 0 Å². The van der Waals surface area contributed by atoms with Crippen molar-refractivity contribution in [1.29, 1.82) is 0 Å². The molecule has 0 bridgehead atoms. The first-order valence-corrected chi connectivity index (χ1v) is 12.0. The number of nitrogens with zero attached hydrogens (tertiary/aromatic N) is 3. The zero-order chi connectivity index (χ0) is 23.8. The molecule has 1 saturated heterocycles. The van der Waals surface area contributed by atoms with E-state index in [0.29, 0.717) is 41.2 Å². The first kappa shape index (κ1) is 22.9. The molecule has 0 spiro atoms. The molecule has 1 amide bonds. The number of hydrogen-bond acceptors (Lipinski definition) is 6. The molecule has 0 atom stereocenters. The molecule has 2 heterocycles. The van der Waals surface area contributed by atoms with E-state index in [0.717, 1.165) is 0 Å². The largest absolute Gasteiger partial charge is 0.367 e. The Kier molecular flexibility index (Phi) is 6.22. The van der Waals surface area contributed by atoms with E-state index in [9.17, 15) is 17.6 Å². The number of benzene rings is 2. The number of para-hydroxylation sites is 1. The van der Waals surface area contributed by atoms with Crippen molar-refractivity contribution in [3.63, 3.8) is 0 Å². The second kappa shape index (κ2) is 8.95. The molecule has 1 fully saturated rings. The SMILES string of the molecule is CC(=O)Nc1onc(C)c1-c1ccc(C)c(S(=O)(=O)N2CCN(c3ccccc3F)CC2)c1.